The lowest BCUT2D eigenvalue weighted by molar-refractivity contribution is 0.0955. The summed E-state index contributed by atoms with van der Waals surface area (Å²) in [7, 11) is 0. The molecular weight excluding hydrogens is 368 g/mol. The number of rotatable bonds is 6. The molecule has 3 rings (SSSR count). The van der Waals surface area contributed by atoms with Crippen LogP contribution in [0.15, 0.2) is 35.5 Å². The minimum absolute atomic E-state index is 0.0229. The van der Waals surface area contributed by atoms with E-state index in [2.05, 4.69) is 37.1 Å². The summed E-state index contributed by atoms with van der Waals surface area (Å²) >= 11 is 1.63. The predicted octanol–water partition coefficient (Wildman–Crippen LogP) is 4.42. The SMILES string of the molecule is CCNC(=O)c1cccc(CSc2nc(N3CCCC3)cc(C(C)(C)C)n2)c1. The number of aromatic nitrogens is 2. The molecule has 1 fully saturated rings. The Bertz CT molecular complexity index is 826. The molecule has 0 aliphatic carbocycles. The number of thioether (sulfide) groups is 1. The smallest absolute Gasteiger partial charge is 0.251 e. The Morgan fingerprint density at radius 3 is 2.61 bits per heavy atom. The van der Waals surface area contributed by atoms with Crippen LogP contribution >= 0.6 is 11.8 Å². The molecule has 1 aliphatic heterocycles. The van der Waals surface area contributed by atoms with E-state index in [9.17, 15) is 4.79 Å². The third-order valence-electron chi connectivity index (χ3n) is 4.79. The van der Waals surface area contributed by atoms with Crippen LogP contribution in [0.1, 0.15) is 62.2 Å². The molecule has 28 heavy (non-hydrogen) atoms. The lowest BCUT2D eigenvalue weighted by atomic mass is 9.92. The molecule has 1 aromatic carbocycles. The van der Waals surface area contributed by atoms with Crippen LogP contribution in [0.25, 0.3) is 0 Å². The van der Waals surface area contributed by atoms with Gasteiger partial charge in [-0.1, -0.05) is 44.7 Å². The van der Waals surface area contributed by atoms with Crippen LogP contribution in [0.3, 0.4) is 0 Å². The number of carbonyl (C=O) groups excluding carboxylic acids is 1. The number of nitrogens with zero attached hydrogens (tertiary/aromatic N) is 3. The van der Waals surface area contributed by atoms with E-state index in [1.807, 2.05) is 31.2 Å². The van der Waals surface area contributed by atoms with Crippen molar-refractivity contribution in [1.29, 1.82) is 0 Å². The monoisotopic (exact) mass is 398 g/mol. The third-order valence-corrected chi connectivity index (χ3v) is 5.70. The minimum Gasteiger partial charge on any atom is -0.356 e. The number of hydrogen-bond acceptors (Lipinski definition) is 5. The van der Waals surface area contributed by atoms with Gasteiger partial charge < -0.3 is 10.2 Å². The summed E-state index contributed by atoms with van der Waals surface area (Å²) in [5, 5.41) is 3.65. The molecule has 2 heterocycles. The summed E-state index contributed by atoms with van der Waals surface area (Å²) in [5.41, 5.74) is 2.84. The van der Waals surface area contributed by atoms with Crippen LogP contribution in [-0.2, 0) is 11.2 Å². The van der Waals surface area contributed by atoms with Crippen molar-refractivity contribution in [3.63, 3.8) is 0 Å². The Labute approximate surface area is 172 Å². The van der Waals surface area contributed by atoms with E-state index in [4.69, 9.17) is 9.97 Å². The number of hydrogen-bond donors (Lipinski definition) is 1. The summed E-state index contributed by atoms with van der Waals surface area (Å²) in [5.74, 6) is 1.74. The molecule has 150 valence electrons. The first-order valence-corrected chi connectivity index (χ1v) is 11.0. The van der Waals surface area contributed by atoms with Gasteiger partial charge in [0.1, 0.15) is 5.82 Å². The first-order chi connectivity index (χ1) is 13.4. The number of carbonyl (C=O) groups is 1. The van der Waals surface area contributed by atoms with E-state index in [0.717, 1.165) is 41.1 Å². The van der Waals surface area contributed by atoms with Gasteiger partial charge in [0, 0.05) is 42.4 Å². The fraction of sp³-hybridized carbons (Fsp3) is 0.500. The second kappa shape index (κ2) is 8.95. The summed E-state index contributed by atoms with van der Waals surface area (Å²) in [4.78, 5) is 24.1. The molecule has 1 saturated heterocycles. The zero-order valence-electron chi connectivity index (χ0n) is 17.3. The lowest BCUT2D eigenvalue weighted by Crippen LogP contribution is -2.22. The van der Waals surface area contributed by atoms with Crippen molar-refractivity contribution in [3.05, 3.63) is 47.2 Å². The van der Waals surface area contributed by atoms with E-state index < -0.39 is 0 Å². The summed E-state index contributed by atoms with van der Waals surface area (Å²) < 4.78 is 0. The summed E-state index contributed by atoms with van der Waals surface area (Å²) in [6, 6.07) is 9.92. The molecule has 1 amide bonds. The average molecular weight is 399 g/mol. The predicted molar refractivity (Wildman–Crippen MR) is 116 cm³/mol. The van der Waals surface area contributed by atoms with E-state index in [0.29, 0.717) is 12.1 Å². The molecule has 1 aliphatic rings. The van der Waals surface area contributed by atoms with Crippen molar-refractivity contribution in [2.24, 2.45) is 0 Å². The second-order valence-corrected chi connectivity index (χ2v) is 9.13. The molecule has 0 unspecified atom stereocenters. The van der Waals surface area contributed by atoms with Gasteiger partial charge >= 0.3 is 0 Å². The molecular formula is C22H30N4OS. The highest BCUT2D eigenvalue weighted by Crippen LogP contribution is 2.29. The van der Waals surface area contributed by atoms with Gasteiger partial charge in [-0.25, -0.2) is 9.97 Å². The molecule has 1 aromatic heterocycles. The van der Waals surface area contributed by atoms with Crippen LogP contribution in [0, 0.1) is 0 Å². The van der Waals surface area contributed by atoms with E-state index in [1.165, 1.54) is 12.8 Å². The molecule has 1 N–H and O–H groups in total. The van der Waals surface area contributed by atoms with E-state index >= 15 is 0 Å². The maximum Gasteiger partial charge on any atom is 0.251 e. The normalized spacial score (nSPS) is 14.4. The quantitative estimate of drug-likeness (QED) is 0.577. The number of anilines is 1. The minimum atomic E-state index is -0.0309. The van der Waals surface area contributed by atoms with Crippen LogP contribution < -0.4 is 10.2 Å². The van der Waals surface area contributed by atoms with Crippen molar-refractivity contribution in [1.82, 2.24) is 15.3 Å². The van der Waals surface area contributed by atoms with Gasteiger partial charge in [0.05, 0.1) is 5.69 Å². The molecule has 0 atom stereocenters. The highest BCUT2D eigenvalue weighted by atomic mass is 32.2. The van der Waals surface area contributed by atoms with Crippen LogP contribution in [0.2, 0.25) is 0 Å². The summed E-state index contributed by atoms with van der Waals surface area (Å²) in [6.07, 6.45) is 2.45. The highest BCUT2D eigenvalue weighted by Gasteiger charge is 2.21. The maximum absolute atomic E-state index is 12.1. The maximum atomic E-state index is 12.1. The van der Waals surface area contributed by atoms with Gasteiger partial charge in [-0.3, -0.25) is 4.79 Å². The van der Waals surface area contributed by atoms with Gasteiger partial charge in [-0.05, 0) is 37.5 Å². The standard InChI is InChI=1S/C22H30N4OS/c1-5-23-20(27)17-10-8-9-16(13-17)15-28-21-24-18(22(2,3)4)14-19(25-21)26-11-6-7-12-26/h8-10,13-14H,5-7,11-12,15H2,1-4H3,(H,23,27). The Hall–Kier alpha value is -2.08. The Balaban J connectivity index is 1.79. The molecule has 0 saturated carbocycles. The number of benzene rings is 1. The van der Waals surface area contributed by atoms with E-state index in [1.54, 1.807) is 11.8 Å². The zero-order chi connectivity index (χ0) is 20.1. The Morgan fingerprint density at radius 1 is 1.18 bits per heavy atom. The molecule has 5 nitrogen and oxygen atoms in total. The first-order valence-electron chi connectivity index (χ1n) is 10.0. The average Bonchev–Trinajstić information content (AvgIpc) is 3.21. The van der Waals surface area contributed by atoms with Crippen LogP contribution in [0.4, 0.5) is 5.82 Å². The Morgan fingerprint density at radius 2 is 1.93 bits per heavy atom. The van der Waals surface area contributed by atoms with Gasteiger partial charge in [0.25, 0.3) is 5.91 Å². The highest BCUT2D eigenvalue weighted by molar-refractivity contribution is 7.98. The molecule has 0 bridgehead atoms. The van der Waals surface area contributed by atoms with Gasteiger partial charge in [0.2, 0.25) is 0 Å². The third kappa shape index (κ3) is 5.25. The lowest BCUT2D eigenvalue weighted by Gasteiger charge is -2.23. The van der Waals surface area contributed by atoms with Crippen molar-refractivity contribution in [2.75, 3.05) is 24.5 Å². The number of nitrogens with one attached hydrogen (secondary N) is 1. The van der Waals surface area contributed by atoms with Crippen LogP contribution in [-0.4, -0.2) is 35.5 Å². The van der Waals surface area contributed by atoms with Gasteiger partial charge in [0.15, 0.2) is 5.16 Å². The largest absolute Gasteiger partial charge is 0.356 e. The fourth-order valence-electron chi connectivity index (χ4n) is 3.18. The van der Waals surface area contributed by atoms with Crippen molar-refractivity contribution >= 4 is 23.5 Å². The van der Waals surface area contributed by atoms with Gasteiger partial charge in [-0.15, -0.1) is 0 Å². The molecule has 6 heteroatoms. The van der Waals surface area contributed by atoms with E-state index in [-0.39, 0.29) is 11.3 Å². The summed E-state index contributed by atoms with van der Waals surface area (Å²) in [6.45, 7) is 11.3. The van der Waals surface area contributed by atoms with Crippen LogP contribution in [0.5, 0.6) is 0 Å². The Kier molecular flexibility index (Phi) is 6.60. The fourth-order valence-corrected chi connectivity index (χ4v) is 3.98. The van der Waals surface area contributed by atoms with Gasteiger partial charge in [-0.2, -0.15) is 0 Å². The van der Waals surface area contributed by atoms with Crippen molar-refractivity contribution in [2.45, 2.75) is 56.9 Å². The number of amides is 1. The topological polar surface area (TPSA) is 58.1 Å². The molecule has 0 spiro atoms. The molecule has 0 radical (unpaired) electrons. The van der Waals surface area contributed by atoms with Crippen molar-refractivity contribution in [3.8, 4) is 0 Å². The zero-order valence-corrected chi connectivity index (χ0v) is 18.1. The van der Waals surface area contributed by atoms with Crippen molar-refractivity contribution < 1.29 is 4.79 Å². The molecule has 2 aromatic rings. The first kappa shape index (κ1) is 20.6. The second-order valence-electron chi connectivity index (χ2n) is 8.19.